The zero-order valence-corrected chi connectivity index (χ0v) is 18.0. The van der Waals surface area contributed by atoms with Gasteiger partial charge in [-0.05, 0) is 48.5 Å². The Kier molecular flexibility index (Phi) is 5.40. The molecule has 0 spiro atoms. The van der Waals surface area contributed by atoms with E-state index >= 15 is 0 Å². The van der Waals surface area contributed by atoms with Gasteiger partial charge in [-0.2, -0.15) is 8.42 Å². The van der Waals surface area contributed by atoms with Crippen LogP contribution >= 0.6 is 46.4 Å². The summed E-state index contributed by atoms with van der Waals surface area (Å²) in [6, 6.07) is 13.4. The van der Waals surface area contributed by atoms with E-state index in [4.69, 9.17) is 55.0 Å². The molecular formula is C19H9Cl4NO4S. The van der Waals surface area contributed by atoms with Crippen molar-refractivity contribution >= 4 is 67.6 Å². The van der Waals surface area contributed by atoms with Crippen LogP contribution in [0.15, 0.2) is 63.9 Å². The van der Waals surface area contributed by atoms with Crippen molar-refractivity contribution in [3.05, 3.63) is 74.7 Å². The molecule has 0 atom stereocenters. The van der Waals surface area contributed by atoms with Crippen LogP contribution in [0, 0.1) is 0 Å². The quantitative estimate of drug-likeness (QED) is 0.293. The van der Waals surface area contributed by atoms with E-state index in [-0.39, 0.29) is 32.1 Å². The highest BCUT2D eigenvalue weighted by Crippen LogP contribution is 2.37. The van der Waals surface area contributed by atoms with E-state index in [9.17, 15) is 8.42 Å². The van der Waals surface area contributed by atoms with Gasteiger partial charge in [-0.1, -0.05) is 46.4 Å². The van der Waals surface area contributed by atoms with Gasteiger partial charge in [-0.25, -0.2) is 4.98 Å². The Bertz CT molecular complexity index is 1350. The standard InChI is InChI=1S/C19H9Cl4NO4S/c20-10-3-6-18(14(23)7-10)29(25,26)28-17-9-12(22)1-4-13(17)19-24-15-8-11(21)2-5-16(15)27-19/h1-9H. The third kappa shape index (κ3) is 4.17. The minimum Gasteiger partial charge on any atom is -0.436 e. The van der Waals surface area contributed by atoms with E-state index in [1.54, 1.807) is 30.3 Å². The molecule has 0 aliphatic carbocycles. The first kappa shape index (κ1) is 20.3. The molecule has 4 aromatic rings. The third-order valence-corrected chi connectivity index (χ3v) is 6.31. The molecule has 0 saturated heterocycles. The van der Waals surface area contributed by atoms with Crippen LogP contribution in [-0.2, 0) is 10.1 Å². The van der Waals surface area contributed by atoms with Gasteiger partial charge in [0.1, 0.15) is 10.4 Å². The van der Waals surface area contributed by atoms with Crippen LogP contribution in [-0.4, -0.2) is 13.4 Å². The van der Waals surface area contributed by atoms with Gasteiger partial charge in [0, 0.05) is 21.1 Å². The van der Waals surface area contributed by atoms with Gasteiger partial charge in [-0.15, -0.1) is 0 Å². The smallest absolute Gasteiger partial charge is 0.340 e. The van der Waals surface area contributed by atoms with Gasteiger partial charge in [-0.3, -0.25) is 0 Å². The zero-order chi connectivity index (χ0) is 20.8. The predicted octanol–water partition coefficient (Wildman–Crippen LogP) is 6.88. The molecule has 3 aromatic carbocycles. The predicted molar refractivity (Wildman–Crippen MR) is 114 cm³/mol. The Balaban J connectivity index is 1.80. The fourth-order valence-corrected chi connectivity index (χ4v) is 4.62. The van der Waals surface area contributed by atoms with E-state index < -0.39 is 10.1 Å². The summed E-state index contributed by atoms with van der Waals surface area (Å²) in [7, 11) is -4.28. The number of benzene rings is 3. The van der Waals surface area contributed by atoms with Crippen LogP contribution in [0.1, 0.15) is 0 Å². The fraction of sp³-hybridized carbons (Fsp3) is 0. The number of rotatable bonds is 4. The van der Waals surface area contributed by atoms with Crippen LogP contribution in [0.25, 0.3) is 22.6 Å². The van der Waals surface area contributed by atoms with Crippen LogP contribution in [0.2, 0.25) is 20.1 Å². The Hall–Kier alpha value is -1.96. The largest absolute Gasteiger partial charge is 0.436 e. The molecule has 0 N–H and O–H groups in total. The summed E-state index contributed by atoms with van der Waals surface area (Å²) in [5.74, 6) is 0.0764. The summed E-state index contributed by atoms with van der Waals surface area (Å²) < 4.78 is 36.6. The monoisotopic (exact) mass is 487 g/mol. The van der Waals surface area contributed by atoms with Crippen molar-refractivity contribution in [2.45, 2.75) is 4.90 Å². The second kappa shape index (κ2) is 7.70. The number of nitrogens with zero attached hydrogens (tertiary/aromatic N) is 1. The molecule has 0 bridgehead atoms. The maximum absolute atomic E-state index is 12.8. The van der Waals surface area contributed by atoms with Gasteiger partial charge in [0.15, 0.2) is 11.3 Å². The number of halogens is 4. The van der Waals surface area contributed by atoms with Crippen LogP contribution in [0.5, 0.6) is 5.75 Å². The normalized spacial score (nSPS) is 11.7. The Morgan fingerprint density at radius 3 is 2.24 bits per heavy atom. The van der Waals surface area contributed by atoms with Crippen molar-refractivity contribution in [2.24, 2.45) is 0 Å². The van der Waals surface area contributed by atoms with E-state index in [0.29, 0.717) is 21.1 Å². The maximum atomic E-state index is 12.8. The number of aromatic nitrogens is 1. The summed E-state index contributed by atoms with van der Waals surface area (Å²) in [4.78, 5) is 4.12. The molecule has 10 heteroatoms. The zero-order valence-electron chi connectivity index (χ0n) is 14.2. The van der Waals surface area contributed by atoms with Crippen molar-refractivity contribution in [1.82, 2.24) is 4.98 Å². The van der Waals surface area contributed by atoms with Crippen LogP contribution < -0.4 is 4.18 Å². The SMILES string of the molecule is O=S(=O)(Oc1cc(Cl)ccc1-c1nc2cc(Cl)ccc2o1)c1ccc(Cl)cc1Cl. The summed E-state index contributed by atoms with van der Waals surface area (Å²) in [5.41, 5.74) is 1.28. The number of oxazole rings is 1. The minimum absolute atomic E-state index is 0.0684. The Labute approximate surface area is 185 Å². The van der Waals surface area contributed by atoms with Gasteiger partial charge in [0.05, 0.1) is 10.6 Å². The average molecular weight is 489 g/mol. The molecule has 0 fully saturated rings. The highest BCUT2D eigenvalue weighted by molar-refractivity contribution is 7.87. The van der Waals surface area contributed by atoms with Crippen molar-refractivity contribution in [2.75, 3.05) is 0 Å². The van der Waals surface area contributed by atoms with Crippen molar-refractivity contribution < 1.29 is 17.0 Å². The lowest BCUT2D eigenvalue weighted by Gasteiger charge is -2.11. The summed E-state index contributed by atoms with van der Waals surface area (Å²) >= 11 is 23.9. The first-order valence-corrected chi connectivity index (χ1v) is 10.9. The molecule has 148 valence electrons. The highest BCUT2D eigenvalue weighted by Gasteiger charge is 2.24. The van der Waals surface area contributed by atoms with E-state index in [1.165, 1.54) is 24.3 Å². The van der Waals surface area contributed by atoms with Crippen molar-refractivity contribution in [3.8, 4) is 17.2 Å². The van der Waals surface area contributed by atoms with Gasteiger partial charge in [0.2, 0.25) is 5.89 Å². The third-order valence-electron chi connectivity index (χ3n) is 3.89. The minimum atomic E-state index is -4.28. The van der Waals surface area contributed by atoms with Gasteiger partial charge in [0.25, 0.3) is 0 Å². The number of fused-ring (bicyclic) bond motifs is 1. The highest BCUT2D eigenvalue weighted by atomic mass is 35.5. The van der Waals surface area contributed by atoms with Crippen molar-refractivity contribution in [1.29, 1.82) is 0 Å². The topological polar surface area (TPSA) is 69.4 Å². The van der Waals surface area contributed by atoms with Crippen molar-refractivity contribution in [3.63, 3.8) is 0 Å². The summed E-state index contributed by atoms with van der Waals surface area (Å²) in [6.45, 7) is 0. The van der Waals surface area contributed by atoms with E-state index in [2.05, 4.69) is 4.98 Å². The van der Waals surface area contributed by atoms with Crippen LogP contribution in [0.4, 0.5) is 0 Å². The molecular weight excluding hydrogens is 480 g/mol. The molecule has 0 aliphatic rings. The molecule has 0 radical (unpaired) electrons. The number of hydrogen-bond donors (Lipinski definition) is 0. The van der Waals surface area contributed by atoms with Gasteiger partial charge >= 0.3 is 10.1 Å². The van der Waals surface area contributed by atoms with Crippen LogP contribution in [0.3, 0.4) is 0 Å². The van der Waals surface area contributed by atoms with Gasteiger partial charge < -0.3 is 8.60 Å². The Morgan fingerprint density at radius 2 is 1.48 bits per heavy atom. The molecule has 0 unspecified atom stereocenters. The van der Waals surface area contributed by atoms with E-state index in [0.717, 1.165) is 0 Å². The fourth-order valence-electron chi connectivity index (χ4n) is 2.60. The molecule has 5 nitrogen and oxygen atoms in total. The number of hydrogen-bond acceptors (Lipinski definition) is 5. The molecule has 1 aromatic heterocycles. The second-order valence-electron chi connectivity index (χ2n) is 5.88. The lowest BCUT2D eigenvalue weighted by Crippen LogP contribution is -2.11. The molecule has 29 heavy (non-hydrogen) atoms. The second-order valence-corrected chi connectivity index (χ2v) is 9.11. The first-order valence-electron chi connectivity index (χ1n) is 7.98. The lowest BCUT2D eigenvalue weighted by atomic mass is 10.2. The molecule has 0 aliphatic heterocycles. The average Bonchev–Trinajstić information content (AvgIpc) is 3.03. The van der Waals surface area contributed by atoms with E-state index in [1.807, 2.05) is 0 Å². The summed E-state index contributed by atoms with van der Waals surface area (Å²) in [5, 5.41) is 0.977. The first-order chi connectivity index (χ1) is 13.7. The Morgan fingerprint density at radius 1 is 0.828 bits per heavy atom. The lowest BCUT2D eigenvalue weighted by molar-refractivity contribution is 0.485. The molecule has 0 saturated carbocycles. The maximum Gasteiger partial charge on any atom is 0.340 e. The summed E-state index contributed by atoms with van der Waals surface area (Å²) in [6.07, 6.45) is 0. The molecule has 1 heterocycles. The molecule has 4 rings (SSSR count). The molecule has 0 amide bonds.